The monoisotopic (exact) mass is 291 g/mol. The van der Waals surface area contributed by atoms with Crippen LogP contribution in [0.1, 0.15) is 34.1 Å². The van der Waals surface area contributed by atoms with Crippen LogP contribution in [0, 0.1) is 0 Å². The Morgan fingerprint density at radius 2 is 1.71 bits per heavy atom. The highest BCUT2D eigenvalue weighted by atomic mass is 16.5. The first kappa shape index (κ1) is 14.9. The quantitative estimate of drug-likeness (QED) is 0.611. The number of hydrogen-bond acceptors (Lipinski definition) is 5. The Labute approximate surface area is 120 Å². The Bertz CT molecular complexity index is 589. The SMILES string of the molecule is CCOC(C(=O)CC(=O)O)N1C(=O)c2ccccc2C1=O. The number of rotatable bonds is 6. The van der Waals surface area contributed by atoms with Gasteiger partial charge in [-0.3, -0.25) is 19.2 Å². The molecule has 0 saturated heterocycles. The van der Waals surface area contributed by atoms with Crippen molar-refractivity contribution in [2.45, 2.75) is 19.6 Å². The molecule has 1 aliphatic rings. The van der Waals surface area contributed by atoms with Crippen molar-refractivity contribution in [3.63, 3.8) is 0 Å². The summed E-state index contributed by atoms with van der Waals surface area (Å²) in [4.78, 5) is 47.7. The summed E-state index contributed by atoms with van der Waals surface area (Å²) in [5, 5.41) is 8.68. The van der Waals surface area contributed by atoms with Crippen molar-refractivity contribution in [1.29, 1.82) is 0 Å². The molecule has 7 heteroatoms. The number of fused-ring (bicyclic) bond motifs is 1. The lowest BCUT2D eigenvalue weighted by molar-refractivity contribution is -0.147. The predicted molar refractivity (Wildman–Crippen MR) is 69.6 cm³/mol. The molecule has 1 aromatic rings. The van der Waals surface area contributed by atoms with Gasteiger partial charge in [0.1, 0.15) is 6.42 Å². The van der Waals surface area contributed by atoms with E-state index < -0.39 is 36.2 Å². The third kappa shape index (κ3) is 2.68. The number of ketones is 1. The minimum absolute atomic E-state index is 0.0590. The second-order valence-corrected chi connectivity index (χ2v) is 4.37. The van der Waals surface area contributed by atoms with Crippen LogP contribution in [0.2, 0.25) is 0 Å². The highest BCUT2D eigenvalue weighted by Crippen LogP contribution is 2.25. The average molecular weight is 291 g/mol. The van der Waals surface area contributed by atoms with Crippen molar-refractivity contribution in [2.75, 3.05) is 6.61 Å². The first-order valence-electron chi connectivity index (χ1n) is 6.30. The molecular formula is C14H13NO6. The first-order valence-corrected chi connectivity index (χ1v) is 6.30. The van der Waals surface area contributed by atoms with Crippen LogP contribution in [-0.2, 0) is 14.3 Å². The molecule has 7 nitrogen and oxygen atoms in total. The minimum Gasteiger partial charge on any atom is -0.481 e. The van der Waals surface area contributed by atoms with E-state index in [-0.39, 0.29) is 17.7 Å². The lowest BCUT2D eigenvalue weighted by atomic mass is 10.1. The van der Waals surface area contributed by atoms with Crippen molar-refractivity contribution in [3.05, 3.63) is 35.4 Å². The molecule has 2 rings (SSSR count). The fraction of sp³-hybridized carbons (Fsp3) is 0.286. The number of hydrogen-bond donors (Lipinski definition) is 1. The Hall–Kier alpha value is -2.54. The highest BCUT2D eigenvalue weighted by molar-refractivity contribution is 6.23. The topological polar surface area (TPSA) is 101 Å². The highest BCUT2D eigenvalue weighted by Gasteiger charge is 2.43. The third-order valence-electron chi connectivity index (χ3n) is 2.99. The third-order valence-corrected chi connectivity index (χ3v) is 2.99. The molecule has 21 heavy (non-hydrogen) atoms. The summed E-state index contributed by atoms with van der Waals surface area (Å²) in [5.41, 5.74) is 0.352. The van der Waals surface area contributed by atoms with Gasteiger partial charge in [0.25, 0.3) is 11.8 Å². The summed E-state index contributed by atoms with van der Waals surface area (Å²) in [5.74, 6) is -3.51. The normalized spacial score (nSPS) is 15.0. The van der Waals surface area contributed by atoms with Gasteiger partial charge in [-0.1, -0.05) is 12.1 Å². The average Bonchev–Trinajstić information content (AvgIpc) is 2.68. The molecule has 1 unspecified atom stereocenters. The molecule has 1 aromatic carbocycles. The maximum Gasteiger partial charge on any atom is 0.311 e. The number of aliphatic carboxylic acids is 1. The van der Waals surface area contributed by atoms with E-state index in [0.29, 0.717) is 4.90 Å². The van der Waals surface area contributed by atoms with Gasteiger partial charge in [-0.25, -0.2) is 4.90 Å². The molecule has 2 amide bonds. The Morgan fingerprint density at radius 3 is 2.14 bits per heavy atom. The molecule has 1 atom stereocenters. The summed E-state index contributed by atoms with van der Waals surface area (Å²) in [6.45, 7) is 1.64. The number of Topliss-reactive ketones (excluding diaryl/α,β-unsaturated/α-hetero) is 1. The van der Waals surface area contributed by atoms with Crippen LogP contribution in [-0.4, -0.2) is 46.4 Å². The van der Waals surface area contributed by atoms with Crippen LogP contribution in [0.3, 0.4) is 0 Å². The van der Waals surface area contributed by atoms with Crippen LogP contribution in [0.15, 0.2) is 24.3 Å². The second kappa shape index (κ2) is 5.84. The van der Waals surface area contributed by atoms with Gasteiger partial charge in [-0.05, 0) is 19.1 Å². The molecule has 0 radical (unpaired) electrons. The molecule has 1 heterocycles. The molecule has 0 saturated carbocycles. The Kier molecular flexibility index (Phi) is 4.13. The van der Waals surface area contributed by atoms with E-state index in [1.165, 1.54) is 12.1 Å². The summed E-state index contributed by atoms with van der Waals surface area (Å²) in [7, 11) is 0. The summed E-state index contributed by atoms with van der Waals surface area (Å²) < 4.78 is 5.13. The molecular weight excluding hydrogens is 278 g/mol. The summed E-state index contributed by atoms with van der Waals surface area (Å²) in [6, 6.07) is 6.14. The lowest BCUT2D eigenvalue weighted by Gasteiger charge is -2.24. The standard InChI is InChI=1S/C14H13NO6/c1-2-21-14(10(16)7-11(17)18)15-12(19)8-5-3-4-6-9(8)13(15)20/h3-6,14H,2,7H2,1H3,(H,17,18). The van der Waals surface area contributed by atoms with Gasteiger partial charge in [0.2, 0.25) is 0 Å². The number of carbonyl (C=O) groups excluding carboxylic acids is 3. The number of carbonyl (C=O) groups is 4. The molecule has 0 fully saturated rings. The van der Waals surface area contributed by atoms with E-state index in [9.17, 15) is 19.2 Å². The molecule has 110 valence electrons. The Morgan fingerprint density at radius 1 is 1.19 bits per heavy atom. The summed E-state index contributed by atoms with van der Waals surface area (Å²) in [6.07, 6.45) is -2.34. The van der Waals surface area contributed by atoms with E-state index in [4.69, 9.17) is 9.84 Å². The van der Waals surface area contributed by atoms with Crippen LogP contribution < -0.4 is 0 Å². The van der Waals surface area contributed by atoms with Crippen LogP contribution in [0.4, 0.5) is 0 Å². The Balaban J connectivity index is 2.34. The fourth-order valence-corrected chi connectivity index (χ4v) is 2.13. The zero-order valence-electron chi connectivity index (χ0n) is 11.2. The van der Waals surface area contributed by atoms with E-state index in [0.717, 1.165) is 0 Å². The van der Waals surface area contributed by atoms with Crippen LogP contribution in [0.5, 0.6) is 0 Å². The number of imide groups is 1. The zero-order chi connectivity index (χ0) is 15.6. The number of amides is 2. The molecule has 0 bridgehead atoms. The van der Waals surface area contributed by atoms with Gasteiger partial charge in [0.15, 0.2) is 12.0 Å². The number of nitrogens with zero attached hydrogens (tertiary/aromatic N) is 1. The number of carboxylic acid groups (broad SMARTS) is 1. The van der Waals surface area contributed by atoms with E-state index in [1.54, 1.807) is 19.1 Å². The van der Waals surface area contributed by atoms with Gasteiger partial charge in [0.05, 0.1) is 11.1 Å². The maximum atomic E-state index is 12.2. The van der Waals surface area contributed by atoms with Crippen molar-refractivity contribution in [3.8, 4) is 0 Å². The van der Waals surface area contributed by atoms with Crippen molar-refractivity contribution in [2.24, 2.45) is 0 Å². The molecule has 0 aliphatic carbocycles. The molecule has 0 spiro atoms. The fourth-order valence-electron chi connectivity index (χ4n) is 2.13. The molecule has 1 N–H and O–H groups in total. The largest absolute Gasteiger partial charge is 0.481 e. The number of carboxylic acids is 1. The predicted octanol–water partition coefficient (Wildman–Crippen LogP) is 0.689. The van der Waals surface area contributed by atoms with E-state index in [2.05, 4.69) is 0 Å². The van der Waals surface area contributed by atoms with Crippen LogP contribution >= 0.6 is 0 Å². The summed E-state index contributed by atoms with van der Waals surface area (Å²) >= 11 is 0. The van der Waals surface area contributed by atoms with Crippen LogP contribution in [0.25, 0.3) is 0 Å². The van der Waals surface area contributed by atoms with Crippen molar-refractivity contribution in [1.82, 2.24) is 4.90 Å². The number of benzene rings is 1. The van der Waals surface area contributed by atoms with Gasteiger partial charge in [-0.2, -0.15) is 0 Å². The van der Waals surface area contributed by atoms with Gasteiger partial charge >= 0.3 is 5.97 Å². The van der Waals surface area contributed by atoms with Crippen molar-refractivity contribution < 1.29 is 29.0 Å². The molecule has 1 aliphatic heterocycles. The van der Waals surface area contributed by atoms with Gasteiger partial charge in [0, 0.05) is 6.61 Å². The number of ether oxygens (including phenoxy) is 1. The lowest BCUT2D eigenvalue weighted by Crippen LogP contribution is -2.47. The minimum atomic E-state index is -1.52. The maximum absolute atomic E-state index is 12.2. The zero-order valence-corrected chi connectivity index (χ0v) is 11.2. The first-order chi connectivity index (χ1) is 9.97. The van der Waals surface area contributed by atoms with E-state index >= 15 is 0 Å². The van der Waals surface area contributed by atoms with Gasteiger partial charge < -0.3 is 9.84 Å². The van der Waals surface area contributed by atoms with Crippen molar-refractivity contribution >= 4 is 23.6 Å². The van der Waals surface area contributed by atoms with Gasteiger partial charge in [-0.15, -0.1) is 0 Å². The second-order valence-electron chi connectivity index (χ2n) is 4.37. The smallest absolute Gasteiger partial charge is 0.311 e. The molecule has 0 aromatic heterocycles. The van der Waals surface area contributed by atoms with E-state index in [1.807, 2.05) is 0 Å².